The van der Waals surface area contributed by atoms with Crippen molar-refractivity contribution in [3.63, 3.8) is 0 Å². The first-order chi connectivity index (χ1) is 13.6. The number of Topliss-reactive ketones (excluding diaryl/α,β-unsaturated/α-hetero) is 2. The van der Waals surface area contributed by atoms with Crippen molar-refractivity contribution in [3.05, 3.63) is 65.9 Å². The molecule has 2 aromatic carbocycles. The highest BCUT2D eigenvalue weighted by Crippen LogP contribution is 2.65. The van der Waals surface area contributed by atoms with Crippen molar-refractivity contribution >= 4 is 22.3 Å². The minimum atomic E-state index is -0.309. The average molecular weight is 367 g/mol. The van der Waals surface area contributed by atoms with Crippen molar-refractivity contribution in [1.82, 2.24) is 4.98 Å². The lowest BCUT2D eigenvalue weighted by Crippen LogP contribution is -2.49. The number of nitrogens with zero attached hydrogens (tertiary/aromatic N) is 1. The van der Waals surface area contributed by atoms with Gasteiger partial charge >= 0.3 is 0 Å². The molecule has 2 atom stereocenters. The highest BCUT2D eigenvalue weighted by Gasteiger charge is 2.62. The molecule has 2 saturated carbocycles. The van der Waals surface area contributed by atoms with Crippen LogP contribution in [0.3, 0.4) is 0 Å². The molecule has 3 aliphatic carbocycles. The highest BCUT2D eigenvalue weighted by molar-refractivity contribution is 5.98. The van der Waals surface area contributed by atoms with Gasteiger partial charge in [0.1, 0.15) is 11.6 Å². The van der Waals surface area contributed by atoms with E-state index < -0.39 is 0 Å². The molecule has 6 rings (SSSR count). The standard InChI is InChI=1S/C25H21NO2/c27-17-9-11-24(14-17)21-6-3-13-26-23(21)20-8-7-16-4-1-2-5-19(16)22(20)25(24)12-10-18(28)15-25/h1-8,13H,9-12,14-15H2. The Morgan fingerprint density at radius 2 is 1.54 bits per heavy atom. The summed E-state index contributed by atoms with van der Waals surface area (Å²) in [5, 5.41) is 2.41. The summed E-state index contributed by atoms with van der Waals surface area (Å²) >= 11 is 0. The normalized spacial score (nSPS) is 28.3. The van der Waals surface area contributed by atoms with Crippen LogP contribution < -0.4 is 0 Å². The summed E-state index contributed by atoms with van der Waals surface area (Å²) in [6.07, 6.45) is 5.77. The van der Waals surface area contributed by atoms with Crippen LogP contribution in [0.15, 0.2) is 54.7 Å². The van der Waals surface area contributed by atoms with E-state index in [0.29, 0.717) is 37.2 Å². The molecule has 3 heteroatoms. The molecule has 138 valence electrons. The van der Waals surface area contributed by atoms with Gasteiger partial charge in [-0.3, -0.25) is 14.6 Å². The van der Waals surface area contributed by atoms with Crippen LogP contribution >= 0.6 is 0 Å². The predicted molar refractivity (Wildman–Crippen MR) is 108 cm³/mol. The molecule has 28 heavy (non-hydrogen) atoms. The summed E-state index contributed by atoms with van der Waals surface area (Å²) in [6.45, 7) is 0. The Balaban J connectivity index is 1.80. The van der Waals surface area contributed by atoms with E-state index in [1.54, 1.807) is 0 Å². The smallest absolute Gasteiger partial charge is 0.133 e. The van der Waals surface area contributed by atoms with Gasteiger partial charge in [0.05, 0.1) is 5.69 Å². The minimum Gasteiger partial charge on any atom is -0.300 e. The summed E-state index contributed by atoms with van der Waals surface area (Å²) in [7, 11) is 0. The Morgan fingerprint density at radius 3 is 2.29 bits per heavy atom. The fourth-order valence-electron chi connectivity index (χ4n) is 6.48. The van der Waals surface area contributed by atoms with E-state index in [1.807, 2.05) is 12.3 Å². The Kier molecular flexibility index (Phi) is 3.11. The fraction of sp³-hybridized carbons (Fsp3) is 0.320. The zero-order chi connectivity index (χ0) is 18.9. The van der Waals surface area contributed by atoms with Gasteiger partial charge < -0.3 is 0 Å². The van der Waals surface area contributed by atoms with Crippen molar-refractivity contribution in [3.8, 4) is 11.3 Å². The van der Waals surface area contributed by atoms with Crippen LogP contribution in [0.1, 0.15) is 49.7 Å². The number of rotatable bonds is 0. The number of carbonyl (C=O) groups is 2. The number of benzene rings is 2. The van der Waals surface area contributed by atoms with Crippen LogP contribution in [-0.2, 0) is 20.4 Å². The maximum absolute atomic E-state index is 12.7. The van der Waals surface area contributed by atoms with Gasteiger partial charge in [-0.15, -0.1) is 0 Å². The maximum atomic E-state index is 12.7. The molecule has 3 aliphatic rings. The molecule has 0 bridgehead atoms. The third kappa shape index (κ3) is 1.82. The molecule has 3 aromatic rings. The Bertz CT molecular complexity index is 1180. The van der Waals surface area contributed by atoms with E-state index in [1.165, 1.54) is 21.9 Å². The molecule has 0 amide bonds. The van der Waals surface area contributed by atoms with Gasteiger partial charge in [0.25, 0.3) is 0 Å². The van der Waals surface area contributed by atoms with E-state index in [0.717, 1.165) is 24.1 Å². The van der Waals surface area contributed by atoms with E-state index in [-0.39, 0.29) is 10.8 Å². The van der Waals surface area contributed by atoms with Gasteiger partial charge in [-0.25, -0.2) is 0 Å². The van der Waals surface area contributed by atoms with E-state index >= 15 is 0 Å². The van der Waals surface area contributed by atoms with Gasteiger partial charge in [-0.05, 0) is 40.8 Å². The third-order valence-corrected chi connectivity index (χ3v) is 7.56. The quantitative estimate of drug-likeness (QED) is 0.568. The summed E-state index contributed by atoms with van der Waals surface area (Å²) in [5.41, 5.74) is 3.98. The van der Waals surface area contributed by atoms with Crippen LogP contribution in [0.25, 0.3) is 22.0 Å². The van der Waals surface area contributed by atoms with Gasteiger partial charge in [0.2, 0.25) is 0 Å². The summed E-state index contributed by atoms with van der Waals surface area (Å²) in [4.78, 5) is 30.1. The molecule has 2 fully saturated rings. The predicted octanol–water partition coefficient (Wildman–Crippen LogP) is 4.90. The van der Waals surface area contributed by atoms with Gasteiger partial charge in [-0.2, -0.15) is 0 Å². The van der Waals surface area contributed by atoms with E-state index in [2.05, 4.69) is 42.5 Å². The first-order valence-corrected chi connectivity index (χ1v) is 10.2. The molecule has 0 saturated heterocycles. The number of hydrogen-bond acceptors (Lipinski definition) is 3. The van der Waals surface area contributed by atoms with Crippen molar-refractivity contribution in [2.24, 2.45) is 0 Å². The number of ketones is 2. The van der Waals surface area contributed by atoms with Crippen LogP contribution in [0.5, 0.6) is 0 Å². The molecule has 2 unspecified atom stereocenters. The largest absolute Gasteiger partial charge is 0.300 e. The van der Waals surface area contributed by atoms with Crippen molar-refractivity contribution in [2.45, 2.75) is 49.4 Å². The summed E-state index contributed by atoms with van der Waals surface area (Å²) in [6, 6.07) is 16.9. The lowest BCUT2D eigenvalue weighted by molar-refractivity contribution is -0.119. The zero-order valence-electron chi connectivity index (χ0n) is 15.7. The van der Waals surface area contributed by atoms with Gasteiger partial charge in [0.15, 0.2) is 0 Å². The van der Waals surface area contributed by atoms with E-state index in [9.17, 15) is 9.59 Å². The molecular weight excluding hydrogens is 346 g/mol. The second-order valence-corrected chi connectivity index (χ2v) is 8.70. The van der Waals surface area contributed by atoms with Crippen LogP contribution in [0.4, 0.5) is 0 Å². The second-order valence-electron chi connectivity index (χ2n) is 8.70. The topological polar surface area (TPSA) is 47.0 Å². The molecular formula is C25H21NO2. The Hall–Kier alpha value is -2.81. The Labute approximate surface area is 163 Å². The molecule has 0 N–H and O–H groups in total. The number of fused-ring (bicyclic) bond motifs is 8. The van der Waals surface area contributed by atoms with Crippen LogP contribution in [0, 0.1) is 0 Å². The highest BCUT2D eigenvalue weighted by atomic mass is 16.1. The Morgan fingerprint density at radius 1 is 0.786 bits per heavy atom. The van der Waals surface area contributed by atoms with Crippen molar-refractivity contribution in [2.75, 3.05) is 0 Å². The summed E-state index contributed by atoms with van der Waals surface area (Å²) < 4.78 is 0. The first kappa shape index (κ1) is 16.2. The molecule has 1 aromatic heterocycles. The lowest BCUT2D eigenvalue weighted by atomic mass is 9.50. The number of hydrogen-bond donors (Lipinski definition) is 0. The van der Waals surface area contributed by atoms with Crippen LogP contribution in [0.2, 0.25) is 0 Å². The number of aromatic nitrogens is 1. The molecule has 0 aliphatic heterocycles. The summed E-state index contributed by atoms with van der Waals surface area (Å²) in [5.74, 6) is 0.641. The average Bonchev–Trinajstić information content (AvgIpc) is 3.31. The molecule has 0 radical (unpaired) electrons. The number of pyridine rings is 1. The van der Waals surface area contributed by atoms with Crippen molar-refractivity contribution < 1.29 is 9.59 Å². The van der Waals surface area contributed by atoms with Crippen molar-refractivity contribution in [1.29, 1.82) is 0 Å². The fourth-order valence-corrected chi connectivity index (χ4v) is 6.48. The monoisotopic (exact) mass is 367 g/mol. The first-order valence-electron chi connectivity index (χ1n) is 10.2. The lowest BCUT2D eigenvalue weighted by Gasteiger charge is -2.51. The second kappa shape index (κ2) is 5.38. The molecule has 1 heterocycles. The van der Waals surface area contributed by atoms with Crippen LogP contribution in [-0.4, -0.2) is 16.6 Å². The van der Waals surface area contributed by atoms with Gasteiger partial charge in [0, 0.05) is 48.3 Å². The van der Waals surface area contributed by atoms with E-state index in [4.69, 9.17) is 4.98 Å². The molecule has 2 spiro atoms. The minimum absolute atomic E-state index is 0.303. The maximum Gasteiger partial charge on any atom is 0.133 e. The molecule has 3 nitrogen and oxygen atoms in total. The zero-order valence-corrected chi connectivity index (χ0v) is 15.7. The SMILES string of the molecule is O=C1CCC2(C1)c1cccnc1-c1ccc3ccccc3c1C21CCC(=O)C1. The number of carbonyl (C=O) groups excluding carboxylic acids is 2. The third-order valence-electron chi connectivity index (χ3n) is 7.56. The van der Waals surface area contributed by atoms with Gasteiger partial charge in [-0.1, -0.05) is 42.5 Å².